The van der Waals surface area contributed by atoms with Crippen LogP contribution in [0.1, 0.15) is 17.4 Å². The summed E-state index contributed by atoms with van der Waals surface area (Å²) in [6.07, 6.45) is -1.22. The number of anilines is 1. The van der Waals surface area contributed by atoms with Crippen LogP contribution in [-0.4, -0.2) is 32.5 Å². The third-order valence-corrected chi connectivity index (χ3v) is 7.06. The molecule has 1 N–H and O–H groups in total. The van der Waals surface area contributed by atoms with Gasteiger partial charge in [-0.25, -0.2) is 9.78 Å². The maximum atomic E-state index is 13.5. The number of ether oxygens (including phenoxy) is 1. The minimum absolute atomic E-state index is 0.0248. The Morgan fingerprint density at radius 1 is 1.00 bits per heavy atom. The molecule has 0 bridgehead atoms. The van der Waals surface area contributed by atoms with E-state index in [0.29, 0.717) is 27.6 Å². The molecule has 0 spiro atoms. The number of pyridine rings is 1. The van der Waals surface area contributed by atoms with Gasteiger partial charge in [0.25, 0.3) is 17.2 Å². The Hall–Kier alpha value is -5.16. The second-order valence-corrected chi connectivity index (χ2v) is 9.74. The number of fused-ring (bicyclic) bond motifs is 1. The maximum Gasteiger partial charge on any atom is 0.356 e. The van der Waals surface area contributed by atoms with Crippen molar-refractivity contribution in [2.75, 3.05) is 5.32 Å². The van der Waals surface area contributed by atoms with E-state index < -0.39 is 22.9 Å². The number of nitro groups is 1. The van der Waals surface area contributed by atoms with Crippen LogP contribution in [0.15, 0.2) is 89.0 Å². The Bertz CT molecular complexity index is 1830. The highest BCUT2D eigenvalue weighted by atomic mass is 32.1. The highest BCUT2D eigenvalue weighted by Crippen LogP contribution is 2.31. The van der Waals surface area contributed by atoms with Crippen LogP contribution in [0.25, 0.3) is 33.2 Å². The van der Waals surface area contributed by atoms with Gasteiger partial charge in [-0.05, 0) is 23.9 Å². The molecule has 0 aliphatic heterocycles. The molecule has 2 heterocycles. The Kier molecular flexibility index (Phi) is 7.21. The number of esters is 1. The van der Waals surface area contributed by atoms with E-state index in [0.717, 1.165) is 16.9 Å². The van der Waals surface area contributed by atoms with Crippen LogP contribution in [0, 0.1) is 10.1 Å². The van der Waals surface area contributed by atoms with Gasteiger partial charge in [0.05, 0.1) is 10.6 Å². The smallest absolute Gasteiger partial charge is 0.356 e. The summed E-state index contributed by atoms with van der Waals surface area (Å²) in [5, 5.41) is 16.6. The van der Waals surface area contributed by atoms with Gasteiger partial charge >= 0.3 is 5.97 Å². The summed E-state index contributed by atoms with van der Waals surface area (Å²) >= 11 is 1.13. The number of amides is 1. The molecule has 1 unspecified atom stereocenters. The van der Waals surface area contributed by atoms with E-state index in [-0.39, 0.29) is 22.1 Å². The van der Waals surface area contributed by atoms with E-state index in [9.17, 15) is 24.5 Å². The third-order valence-electron chi connectivity index (χ3n) is 6.30. The van der Waals surface area contributed by atoms with Crippen molar-refractivity contribution in [2.24, 2.45) is 7.05 Å². The number of carbonyl (C=O) groups excluding carboxylic acids is 2. The molecule has 1 atom stereocenters. The number of nitro benzene ring substituents is 1. The summed E-state index contributed by atoms with van der Waals surface area (Å²) in [6, 6.07) is 22.2. The number of aromatic nitrogens is 2. The Balaban J connectivity index is 1.40. The fourth-order valence-corrected chi connectivity index (χ4v) is 5.04. The van der Waals surface area contributed by atoms with E-state index in [1.165, 1.54) is 30.7 Å². The summed E-state index contributed by atoms with van der Waals surface area (Å²) in [6.45, 7) is 1.42. The van der Waals surface area contributed by atoms with Crippen molar-refractivity contribution in [2.45, 2.75) is 13.0 Å². The van der Waals surface area contributed by atoms with Crippen LogP contribution in [0.5, 0.6) is 0 Å². The second-order valence-electron chi connectivity index (χ2n) is 8.88. The summed E-state index contributed by atoms with van der Waals surface area (Å²) in [5.41, 5.74) is 1.80. The number of thiazole rings is 1. The number of hydrogen-bond donors (Lipinski definition) is 1. The van der Waals surface area contributed by atoms with E-state index in [1.807, 2.05) is 30.3 Å². The maximum absolute atomic E-state index is 13.5. The molecule has 5 aromatic rings. The van der Waals surface area contributed by atoms with Crippen LogP contribution in [-0.2, 0) is 16.6 Å². The zero-order valence-corrected chi connectivity index (χ0v) is 22.2. The van der Waals surface area contributed by atoms with Crippen molar-refractivity contribution >= 4 is 44.8 Å². The SMILES string of the molecule is CC(OC(=O)c1c(-c2ccccc2)c2ccccc2c(=O)n1C)C(=O)Nc1nc(-c2cccc([N+](=O)[O-])c2)cs1. The number of rotatable bonds is 7. The Labute approximate surface area is 231 Å². The number of nitrogens with one attached hydrogen (secondary N) is 1. The van der Waals surface area contributed by atoms with Crippen molar-refractivity contribution in [3.8, 4) is 22.4 Å². The van der Waals surface area contributed by atoms with E-state index >= 15 is 0 Å². The Morgan fingerprint density at radius 3 is 2.40 bits per heavy atom. The van der Waals surface area contributed by atoms with Crippen molar-refractivity contribution in [1.29, 1.82) is 0 Å². The molecular weight excluding hydrogens is 532 g/mol. The van der Waals surface area contributed by atoms with Crippen LogP contribution in [0.4, 0.5) is 10.8 Å². The van der Waals surface area contributed by atoms with E-state index in [2.05, 4.69) is 10.3 Å². The molecule has 0 fully saturated rings. The normalized spacial score (nSPS) is 11.7. The molecular formula is C29H22N4O6S. The first kappa shape index (κ1) is 26.4. The van der Waals surface area contributed by atoms with Gasteiger partial charge in [-0.2, -0.15) is 0 Å². The van der Waals surface area contributed by atoms with Crippen LogP contribution in [0.2, 0.25) is 0 Å². The summed E-state index contributed by atoms with van der Waals surface area (Å²) in [5.74, 6) is -1.45. The minimum Gasteiger partial charge on any atom is -0.448 e. The number of non-ortho nitro benzene ring substituents is 1. The first-order chi connectivity index (χ1) is 19.2. The second kappa shape index (κ2) is 10.9. The van der Waals surface area contributed by atoms with Crippen LogP contribution >= 0.6 is 11.3 Å². The molecule has 1 amide bonds. The van der Waals surface area contributed by atoms with Gasteiger partial charge in [0, 0.05) is 41.1 Å². The predicted octanol–water partition coefficient (Wildman–Crippen LogP) is 5.42. The lowest BCUT2D eigenvalue weighted by Crippen LogP contribution is -2.32. The highest BCUT2D eigenvalue weighted by molar-refractivity contribution is 7.14. The van der Waals surface area contributed by atoms with Crippen LogP contribution < -0.4 is 10.9 Å². The van der Waals surface area contributed by atoms with Crippen LogP contribution in [0.3, 0.4) is 0 Å². The fourth-order valence-electron chi connectivity index (χ4n) is 4.32. The van der Waals surface area contributed by atoms with Crippen molar-refractivity contribution in [1.82, 2.24) is 9.55 Å². The molecule has 2 aromatic heterocycles. The number of benzene rings is 3. The number of nitrogens with zero attached hydrogens (tertiary/aromatic N) is 3. The number of hydrogen-bond acceptors (Lipinski definition) is 8. The van der Waals surface area contributed by atoms with E-state index in [1.54, 1.807) is 41.8 Å². The topological polar surface area (TPSA) is 133 Å². The predicted molar refractivity (Wildman–Crippen MR) is 152 cm³/mol. The molecule has 3 aromatic carbocycles. The molecule has 200 valence electrons. The van der Waals surface area contributed by atoms with Gasteiger partial charge in [-0.1, -0.05) is 60.7 Å². The van der Waals surface area contributed by atoms with Crippen molar-refractivity contribution in [3.63, 3.8) is 0 Å². The van der Waals surface area contributed by atoms with Gasteiger partial charge in [0.1, 0.15) is 5.69 Å². The first-order valence-electron chi connectivity index (χ1n) is 12.1. The van der Waals surface area contributed by atoms with Gasteiger partial charge in [-0.15, -0.1) is 11.3 Å². The molecule has 0 saturated heterocycles. The number of carbonyl (C=O) groups is 2. The molecule has 0 aliphatic rings. The average molecular weight is 555 g/mol. The quantitative estimate of drug-likeness (QED) is 0.161. The monoisotopic (exact) mass is 554 g/mol. The largest absolute Gasteiger partial charge is 0.448 e. The lowest BCUT2D eigenvalue weighted by Gasteiger charge is -2.18. The van der Waals surface area contributed by atoms with Crippen molar-refractivity contribution in [3.05, 3.63) is 110 Å². The summed E-state index contributed by atoms with van der Waals surface area (Å²) in [7, 11) is 1.49. The van der Waals surface area contributed by atoms with Gasteiger partial charge in [-0.3, -0.25) is 25.0 Å². The average Bonchev–Trinajstić information content (AvgIpc) is 3.43. The lowest BCUT2D eigenvalue weighted by molar-refractivity contribution is -0.384. The lowest BCUT2D eigenvalue weighted by atomic mass is 9.97. The highest BCUT2D eigenvalue weighted by Gasteiger charge is 2.27. The third kappa shape index (κ3) is 5.09. The van der Waals surface area contributed by atoms with Gasteiger partial charge in [0.2, 0.25) is 0 Å². The zero-order valence-electron chi connectivity index (χ0n) is 21.4. The Morgan fingerprint density at radius 2 is 1.68 bits per heavy atom. The van der Waals surface area contributed by atoms with Gasteiger partial charge in [0.15, 0.2) is 11.2 Å². The fraction of sp³-hybridized carbons (Fsp3) is 0.103. The molecule has 0 aliphatic carbocycles. The molecule has 11 heteroatoms. The zero-order chi connectivity index (χ0) is 28.4. The summed E-state index contributed by atoms with van der Waals surface area (Å²) in [4.78, 5) is 54.4. The minimum atomic E-state index is -1.22. The molecule has 10 nitrogen and oxygen atoms in total. The van der Waals surface area contributed by atoms with Gasteiger partial charge < -0.3 is 9.30 Å². The van der Waals surface area contributed by atoms with Crippen molar-refractivity contribution < 1.29 is 19.2 Å². The molecule has 40 heavy (non-hydrogen) atoms. The molecule has 0 radical (unpaired) electrons. The standard InChI is InChI=1S/C29H22N4O6S/c1-17(26(34)31-29-30-23(16-40-29)19-11-8-12-20(15-19)33(37)38)39-28(36)25-24(18-9-4-3-5-10-18)21-13-6-7-14-22(21)27(35)32(25)2/h3-17H,1-2H3,(H,30,31,34). The molecule has 5 rings (SSSR count). The van der Waals surface area contributed by atoms with E-state index in [4.69, 9.17) is 4.74 Å². The first-order valence-corrected chi connectivity index (χ1v) is 13.0. The summed E-state index contributed by atoms with van der Waals surface area (Å²) < 4.78 is 6.78. The molecule has 0 saturated carbocycles.